The van der Waals surface area contributed by atoms with Crippen LogP contribution in [-0.2, 0) is 6.54 Å². The molecule has 0 aliphatic carbocycles. The number of carbonyl (C=O) groups is 1. The topological polar surface area (TPSA) is 68.0 Å². The van der Waals surface area contributed by atoms with Crippen LogP contribution in [0, 0.1) is 0 Å². The van der Waals surface area contributed by atoms with Gasteiger partial charge in [-0.1, -0.05) is 24.3 Å². The number of hydrogen-bond donors (Lipinski definition) is 2. The van der Waals surface area contributed by atoms with Gasteiger partial charge in [-0.05, 0) is 27.4 Å². The second-order valence-corrected chi connectivity index (χ2v) is 6.43. The van der Waals surface area contributed by atoms with Crippen molar-refractivity contribution in [1.29, 1.82) is 0 Å². The number of benzene rings is 1. The Labute approximate surface area is 134 Å². The molecular weight excluding hydrogens is 350 g/mol. The molecule has 3 aromatic rings. The van der Waals surface area contributed by atoms with Crippen molar-refractivity contribution in [3.8, 4) is 0 Å². The van der Waals surface area contributed by atoms with Crippen molar-refractivity contribution in [2.75, 3.05) is 5.73 Å². The van der Waals surface area contributed by atoms with Crippen LogP contribution in [0.1, 0.15) is 15.2 Å². The summed E-state index contributed by atoms with van der Waals surface area (Å²) in [6, 6.07) is 9.50. The number of nitrogens with two attached hydrogens (primary N) is 1. The van der Waals surface area contributed by atoms with E-state index in [0.29, 0.717) is 17.9 Å². The van der Waals surface area contributed by atoms with Crippen molar-refractivity contribution in [1.82, 2.24) is 10.3 Å². The molecule has 3 rings (SSSR count). The zero-order valence-electron chi connectivity index (χ0n) is 11.0. The normalized spacial score (nSPS) is 10.7. The van der Waals surface area contributed by atoms with Crippen LogP contribution in [0.4, 0.5) is 5.82 Å². The van der Waals surface area contributed by atoms with Crippen molar-refractivity contribution in [3.63, 3.8) is 0 Å². The number of thiophene rings is 1. The Morgan fingerprint density at radius 2 is 2.10 bits per heavy atom. The minimum absolute atomic E-state index is 0.150. The smallest absolute Gasteiger partial charge is 0.253 e. The Balaban J connectivity index is 1.86. The minimum atomic E-state index is -0.150. The van der Waals surface area contributed by atoms with Crippen molar-refractivity contribution < 1.29 is 4.79 Å². The van der Waals surface area contributed by atoms with E-state index in [1.165, 1.54) is 6.20 Å². The molecule has 0 aliphatic heterocycles. The third-order valence-electron chi connectivity index (χ3n) is 3.12. The molecule has 0 atom stereocenters. The largest absolute Gasteiger partial charge is 0.383 e. The Kier molecular flexibility index (Phi) is 3.90. The number of nitrogens with one attached hydrogen (secondary N) is 1. The van der Waals surface area contributed by atoms with Crippen LogP contribution < -0.4 is 11.1 Å². The number of nitrogen functional groups attached to an aromatic ring is 1. The minimum Gasteiger partial charge on any atom is -0.383 e. The lowest BCUT2D eigenvalue weighted by Crippen LogP contribution is -2.22. The summed E-state index contributed by atoms with van der Waals surface area (Å²) in [4.78, 5) is 17.5. The van der Waals surface area contributed by atoms with Gasteiger partial charge in [0.1, 0.15) is 5.82 Å². The number of amides is 1. The average molecular weight is 362 g/mol. The van der Waals surface area contributed by atoms with Gasteiger partial charge in [0.25, 0.3) is 5.91 Å². The summed E-state index contributed by atoms with van der Waals surface area (Å²) in [6.45, 7) is 0.494. The highest BCUT2D eigenvalue weighted by molar-refractivity contribution is 9.10. The third-order valence-corrected chi connectivity index (χ3v) is 4.81. The van der Waals surface area contributed by atoms with Crippen LogP contribution in [0.15, 0.2) is 46.4 Å². The summed E-state index contributed by atoms with van der Waals surface area (Å²) in [5.41, 5.74) is 6.38. The van der Waals surface area contributed by atoms with Gasteiger partial charge in [-0.15, -0.1) is 11.3 Å². The zero-order chi connectivity index (χ0) is 14.8. The van der Waals surface area contributed by atoms with Crippen molar-refractivity contribution in [2.24, 2.45) is 0 Å². The van der Waals surface area contributed by atoms with Crippen LogP contribution in [0.2, 0.25) is 0 Å². The fraction of sp³-hybridized carbons (Fsp3) is 0.0667. The molecular formula is C15H12BrN3OS. The van der Waals surface area contributed by atoms with Crippen molar-refractivity contribution in [3.05, 3.63) is 56.8 Å². The van der Waals surface area contributed by atoms with Gasteiger partial charge in [0, 0.05) is 26.3 Å². The van der Waals surface area contributed by atoms with E-state index in [0.717, 1.165) is 20.1 Å². The molecule has 0 saturated heterocycles. The Hall–Kier alpha value is -1.92. The molecule has 0 aliphatic rings. The molecule has 2 heterocycles. The van der Waals surface area contributed by atoms with E-state index in [1.54, 1.807) is 11.3 Å². The zero-order valence-corrected chi connectivity index (χ0v) is 13.4. The first-order valence-corrected chi connectivity index (χ1v) is 7.97. The predicted molar refractivity (Wildman–Crippen MR) is 89.3 cm³/mol. The van der Waals surface area contributed by atoms with Crippen LogP contribution in [0.5, 0.6) is 0 Å². The van der Waals surface area contributed by atoms with E-state index in [-0.39, 0.29) is 5.91 Å². The van der Waals surface area contributed by atoms with Gasteiger partial charge >= 0.3 is 0 Å². The highest BCUT2D eigenvalue weighted by Gasteiger charge is 2.12. The summed E-state index contributed by atoms with van der Waals surface area (Å²) in [5, 5.41) is 6.51. The molecule has 0 unspecified atom stereocenters. The highest BCUT2D eigenvalue weighted by Crippen LogP contribution is 2.23. The van der Waals surface area contributed by atoms with Gasteiger partial charge in [0.15, 0.2) is 0 Å². The Bertz CT molecular complexity index is 816. The maximum absolute atomic E-state index is 12.4. The molecule has 21 heavy (non-hydrogen) atoms. The summed E-state index contributed by atoms with van der Waals surface area (Å²) in [6.07, 6.45) is 1.53. The number of fused-ring (bicyclic) bond motifs is 1. The van der Waals surface area contributed by atoms with Crippen LogP contribution in [0.25, 0.3) is 10.8 Å². The predicted octanol–water partition coefficient (Wildman–Crippen LogP) is 3.57. The standard InChI is InChI=1S/C15H12BrN3OS/c16-9-5-10(21-8-9)6-19-15(20)13-7-18-14(17)12-4-2-1-3-11(12)13/h1-5,7-8H,6H2,(H2,17,18)(H,19,20). The molecule has 1 aromatic carbocycles. The van der Waals surface area contributed by atoms with Gasteiger partial charge in [0.2, 0.25) is 0 Å². The van der Waals surface area contributed by atoms with Gasteiger partial charge < -0.3 is 11.1 Å². The molecule has 6 heteroatoms. The number of anilines is 1. The second kappa shape index (κ2) is 5.83. The van der Waals surface area contributed by atoms with Crippen LogP contribution >= 0.6 is 27.3 Å². The Morgan fingerprint density at radius 1 is 1.33 bits per heavy atom. The number of pyridine rings is 1. The monoisotopic (exact) mass is 361 g/mol. The number of hydrogen-bond acceptors (Lipinski definition) is 4. The van der Waals surface area contributed by atoms with Crippen LogP contribution in [0.3, 0.4) is 0 Å². The van der Waals surface area contributed by atoms with Crippen molar-refractivity contribution >= 4 is 49.8 Å². The summed E-state index contributed by atoms with van der Waals surface area (Å²) in [7, 11) is 0. The fourth-order valence-corrected chi connectivity index (χ4v) is 3.50. The summed E-state index contributed by atoms with van der Waals surface area (Å²) in [5.74, 6) is 0.285. The van der Waals surface area contributed by atoms with Gasteiger partial charge in [0.05, 0.1) is 12.1 Å². The van der Waals surface area contributed by atoms with Gasteiger partial charge in [-0.2, -0.15) is 0 Å². The SMILES string of the molecule is Nc1ncc(C(=O)NCc2cc(Br)cs2)c2ccccc12. The summed E-state index contributed by atoms with van der Waals surface area (Å²) >= 11 is 4.99. The first kappa shape index (κ1) is 14.0. The molecule has 106 valence electrons. The number of halogens is 1. The molecule has 0 fully saturated rings. The van der Waals surface area contributed by atoms with Crippen molar-refractivity contribution in [2.45, 2.75) is 6.54 Å². The van der Waals surface area contributed by atoms with E-state index >= 15 is 0 Å². The lowest BCUT2D eigenvalue weighted by atomic mass is 10.1. The fourth-order valence-electron chi connectivity index (χ4n) is 2.10. The lowest BCUT2D eigenvalue weighted by Gasteiger charge is -2.08. The molecule has 3 N–H and O–H groups in total. The summed E-state index contributed by atoms with van der Waals surface area (Å²) < 4.78 is 1.02. The maximum atomic E-state index is 12.4. The second-order valence-electron chi connectivity index (χ2n) is 4.52. The quantitative estimate of drug-likeness (QED) is 0.749. The molecule has 0 spiro atoms. The first-order valence-electron chi connectivity index (χ1n) is 6.29. The average Bonchev–Trinajstić information content (AvgIpc) is 2.91. The third kappa shape index (κ3) is 2.91. The lowest BCUT2D eigenvalue weighted by molar-refractivity contribution is 0.0952. The van der Waals surface area contributed by atoms with Gasteiger partial charge in [-0.25, -0.2) is 4.98 Å². The Morgan fingerprint density at radius 3 is 2.81 bits per heavy atom. The van der Waals surface area contributed by atoms with E-state index in [4.69, 9.17) is 5.73 Å². The molecule has 0 bridgehead atoms. The number of carbonyl (C=O) groups excluding carboxylic acids is 1. The number of nitrogens with zero attached hydrogens (tertiary/aromatic N) is 1. The van der Waals surface area contributed by atoms with E-state index < -0.39 is 0 Å². The molecule has 1 amide bonds. The van der Waals surface area contributed by atoms with Gasteiger partial charge in [-0.3, -0.25) is 4.79 Å². The van der Waals surface area contributed by atoms with E-state index in [2.05, 4.69) is 26.2 Å². The molecule has 2 aromatic heterocycles. The molecule has 4 nitrogen and oxygen atoms in total. The molecule has 0 saturated carbocycles. The molecule has 0 radical (unpaired) electrons. The number of aromatic nitrogens is 1. The highest BCUT2D eigenvalue weighted by atomic mass is 79.9. The first-order chi connectivity index (χ1) is 10.1. The van der Waals surface area contributed by atoms with E-state index in [1.807, 2.05) is 35.7 Å². The van der Waals surface area contributed by atoms with Crippen LogP contribution in [-0.4, -0.2) is 10.9 Å². The number of rotatable bonds is 3. The van der Waals surface area contributed by atoms with E-state index in [9.17, 15) is 4.79 Å². The maximum Gasteiger partial charge on any atom is 0.253 e.